The Morgan fingerprint density at radius 1 is 1.16 bits per heavy atom. The van der Waals surface area contributed by atoms with Crippen LogP contribution in [0.3, 0.4) is 0 Å². The molecule has 25 heavy (non-hydrogen) atoms. The van der Waals surface area contributed by atoms with Crippen LogP contribution in [-0.4, -0.2) is 36.4 Å². The van der Waals surface area contributed by atoms with Crippen LogP contribution in [0.25, 0.3) is 0 Å². The molecule has 2 saturated carbocycles. The van der Waals surface area contributed by atoms with Gasteiger partial charge in [-0.2, -0.15) is 0 Å². The average Bonchev–Trinajstić information content (AvgIpc) is 3.16. The van der Waals surface area contributed by atoms with E-state index < -0.39 is 0 Å². The van der Waals surface area contributed by atoms with Gasteiger partial charge in [-0.1, -0.05) is 18.9 Å². The quantitative estimate of drug-likeness (QED) is 0.854. The Bertz CT molecular complexity index is 531. The van der Waals surface area contributed by atoms with Crippen LogP contribution in [0, 0.1) is 17.8 Å². The highest BCUT2D eigenvalue weighted by atomic mass is 16.1. The maximum absolute atomic E-state index is 12.2. The maximum Gasteiger partial charge on any atom is 0.223 e. The molecule has 0 bridgehead atoms. The van der Waals surface area contributed by atoms with Gasteiger partial charge in [0.25, 0.3) is 0 Å². The van der Waals surface area contributed by atoms with Crippen molar-refractivity contribution in [2.24, 2.45) is 17.8 Å². The van der Waals surface area contributed by atoms with Gasteiger partial charge in [-0.3, -0.25) is 9.78 Å². The van der Waals surface area contributed by atoms with Crippen molar-refractivity contribution < 1.29 is 4.79 Å². The lowest BCUT2D eigenvalue weighted by atomic mass is 9.77. The number of rotatable bonds is 6. The molecular weight excluding hydrogens is 310 g/mol. The molecule has 1 amide bonds. The van der Waals surface area contributed by atoms with E-state index in [-0.39, 0.29) is 0 Å². The molecule has 0 saturated heterocycles. The molecule has 0 unspecified atom stereocenters. The Morgan fingerprint density at radius 3 is 2.48 bits per heavy atom. The van der Waals surface area contributed by atoms with E-state index in [2.05, 4.69) is 41.4 Å². The lowest BCUT2D eigenvalue weighted by molar-refractivity contribution is -0.125. The van der Waals surface area contributed by atoms with Crippen molar-refractivity contribution in [3.8, 4) is 0 Å². The summed E-state index contributed by atoms with van der Waals surface area (Å²) in [6, 6.07) is 6.62. The zero-order valence-electron chi connectivity index (χ0n) is 15.8. The Kier molecular flexibility index (Phi) is 6.46. The first kappa shape index (κ1) is 18.4. The summed E-state index contributed by atoms with van der Waals surface area (Å²) in [5.41, 5.74) is 1.19. The lowest BCUT2D eigenvalue weighted by Gasteiger charge is -2.37. The number of pyridine rings is 1. The highest BCUT2D eigenvalue weighted by molar-refractivity contribution is 5.78. The van der Waals surface area contributed by atoms with Gasteiger partial charge in [0, 0.05) is 18.7 Å². The predicted octanol–water partition coefficient (Wildman–Crippen LogP) is 3.80. The van der Waals surface area contributed by atoms with Crippen LogP contribution in [0.2, 0.25) is 0 Å². The molecule has 2 aliphatic carbocycles. The van der Waals surface area contributed by atoms with Crippen molar-refractivity contribution >= 4 is 5.91 Å². The van der Waals surface area contributed by atoms with Gasteiger partial charge in [0.2, 0.25) is 5.91 Å². The molecular formula is C21H33N3O. The number of carbonyl (C=O) groups excluding carboxylic acids is 1. The Morgan fingerprint density at radius 2 is 1.88 bits per heavy atom. The third-order valence-electron chi connectivity index (χ3n) is 6.18. The molecule has 3 rings (SSSR count). The molecule has 0 aromatic carbocycles. The fourth-order valence-electron chi connectivity index (χ4n) is 4.76. The molecule has 0 radical (unpaired) electrons. The zero-order chi connectivity index (χ0) is 17.6. The van der Waals surface area contributed by atoms with E-state index in [4.69, 9.17) is 0 Å². The van der Waals surface area contributed by atoms with Gasteiger partial charge in [-0.05, 0) is 76.6 Å². The van der Waals surface area contributed by atoms with Crippen LogP contribution < -0.4 is 5.32 Å². The SMILES string of the molecule is CN(C)[C@H](c1ccccn1)C1CCC(CNC(=O)C2CCCC2)CC1. The molecule has 0 aliphatic heterocycles. The minimum Gasteiger partial charge on any atom is -0.356 e. The largest absolute Gasteiger partial charge is 0.356 e. The van der Waals surface area contributed by atoms with E-state index in [1.165, 1.54) is 44.2 Å². The highest BCUT2D eigenvalue weighted by Crippen LogP contribution is 2.38. The highest BCUT2D eigenvalue weighted by Gasteiger charge is 2.31. The van der Waals surface area contributed by atoms with Crippen molar-refractivity contribution in [1.82, 2.24) is 15.2 Å². The second-order valence-electron chi connectivity index (χ2n) is 8.17. The van der Waals surface area contributed by atoms with Crippen molar-refractivity contribution in [2.45, 2.75) is 57.4 Å². The van der Waals surface area contributed by atoms with Crippen molar-refractivity contribution in [1.29, 1.82) is 0 Å². The Hall–Kier alpha value is -1.42. The molecule has 4 nitrogen and oxygen atoms in total. The van der Waals surface area contributed by atoms with E-state index in [9.17, 15) is 4.79 Å². The average molecular weight is 344 g/mol. The van der Waals surface area contributed by atoms with E-state index in [1.807, 2.05) is 12.3 Å². The monoisotopic (exact) mass is 343 g/mol. The van der Waals surface area contributed by atoms with Gasteiger partial charge in [-0.15, -0.1) is 0 Å². The Balaban J connectivity index is 1.48. The number of amides is 1. The van der Waals surface area contributed by atoms with Crippen LogP contribution in [0.5, 0.6) is 0 Å². The van der Waals surface area contributed by atoms with Crippen LogP contribution in [0.15, 0.2) is 24.4 Å². The first-order valence-corrected chi connectivity index (χ1v) is 10.00. The molecule has 1 aromatic rings. The second kappa shape index (κ2) is 8.79. The van der Waals surface area contributed by atoms with E-state index in [1.54, 1.807) is 0 Å². The first-order valence-electron chi connectivity index (χ1n) is 10.00. The van der Waals surface area contributed by atoms with Crippen LogP contribution in [-0.2, 0) is 4.79 Å². The van der Waals surface area contributed by atoms with E-state index in [0.29, 0.717) is 29.7 Å². The summed E-state index contributed by atoms with van der Waals surface area (Å²) in [5.74, 6) is 1.90. The van der Waals surface area contributed by atoms with Crippen molar-refractivity contribution in [3.05, 3.63) is 30.1 Å². The second-order valence-corrected chi connectivity index (χ2v) is 8.17. The van der Waals surface area contributed by atoms with Crippen LogP contribution in [0.4, 0.5) is 0 Å². The van der Waals surface area contributed by atoms with Crippen molar-refractivity contribution in [2.75, 3.05) is 20.6 Å². The number of carbonyl (C=O) groups is 1. The normalized spacial score (nSPS) is 25.9. The Labute approximate surface area is 152 Å². The fourth-order valence-corrected chi connectivity index (χ4v) is 4.76. The maximum atomic E-state index is 12.2. The number of nitrogens with zero attached hydrogens (tertiary/aromatic N) is 2. The number of hydrogen-bond donors (Lipinski definition) is 1. The minimum atomic E-state index is 0.290. The summed E-state index contributed by atoms with van der Waals surface area (Å²) in [4.78, 5) is 19.1. The van der Waals surface area contributed by atoms with Gasteiger partial charge in [0.15, 0.2) is 0 Å². The zero-order valence-corrected chi connectivity index (χ0v) is 15.8. The standard InChI is InChI=1S/C21H33N3O/c1-24(2)20(19-9-5-6-14-22-19)17-12-10-16(11-13-17)15-23-21(25)18-7-3-4-8-18/h5-6,9,14,16-18,20H,3-4,7-8,10-13,15H2,1-2H3,(H,23,25)/t16?,17?,20-/m0/s1. The van der Waals surface area contributed by atoms with Gasteiger partial charge < -0.3 is 10.2 Å². The van der Waals surface area contributed by atoms with Crippen LogP contribution >= 0.6 is 0 Å². The van der Waals surface area contributed by atoms with Crippen LogP contribution in [0.1, 0.15) is 63.1 Å². The first-order chi connectivity index (χ1) is 12.1. The summed E-state index contributed by atoms with van der Waals surface area (Å²) in [6.45, 7) is 0.873. The van der Waals surface area contributed by atoms with Gasteiger partial charge >= 0.3 is 0 Å². The minimum absolute atomic E-state index is 0.290. The number of aromatic nitrogens is 1. The summed E-state index contributed by atoms with van der Waals surface area (Å²) in [7, 11) is 4.32. The third-order valence-corrected chi connectivity index (χ3v) is 6.18. The molecule has 1 heterocycles. The van der Waals surface area contributed by atoms with E-state index >= 15 is 0 Å². The molecule has 2 fully saturated rings. The summed E-state index contributed by atoms with van der Waals surface area (Å²) < 4.78 is 0. The van der Waals surface area contributed by atoms with Crippen molar-refractivity contribution in [3.63, 3.8) is 0 Å². The number of hydrogen-bond acceptors (Lipinski definition) is 3. The lowest BCUT2D eigenvalue weighted by Crippen LogP contribution is -2.36. The smallest absolute Gasteiger partial charge is 0.223 e. The third kappa shape index (κ3) is 4.81. The summed E-state index contributed by atoms with van der Waals surface area (Å²) >= 11 is 0. The molecule has 0 spiro atoms. The molecule has 138 valence electrons. The van der Waals surface area contributed by atoms with Gasteiger partial charge in [0.05, 0.1) is 11.7 Å². The number of nitrogens with one attached hydrogen (secondary N) is 1. The molecule has 4 heteroatoms. The summed E-state index contributed by atoms with van der Waals surface area (Å²) in [5, 5.41) is 3.23. The molecule has 1 aromatic heterocycles. The molecule has 1 N–H and O–H groups in total. The summed E-state index contributed by atoms with van der Waals surface area (Å²) in [6.07, 6.45) is 11.4. The topological polar surface area (TPSA) is 45.2 Å². The molecule has 2 aliphatic rings. The fraction of sp³-hybridized carbons (Fsp3) is 0.714. The predicted molar refractivity (Wildman–Crippen MR) is 101 cm³/mol. The van der Waals surface area contributed by atoms with Gasteiger partial charge in [0.1, 0.15) is 0 Å². The van der Waals surface area contributed by atoms with E-state index in [0.717, 1.165) is 19.4 Å². The molecule has 1 atom stereocenters. The van der Waals surface area contributed by atoms with Gasteiger partial charge in [-0.25, -0.2) is 0 Å².